The summed E-state index contributed by atoms with van der Waals surface area (Å²) in [6, 6.07) is 10.0. The molecule has 54 valence electrons. The first-order chi connectivity index (χ1) is 4.84. The zero-order chi connectivity index (χ0) is 7.40. The molecule has 0 bridgehead atoms. The summed E-state index contributed by atoms with van der Waals surface area (Å²) in [5.41, 5.74) is 2.97. The number of aryl methyl sites for hydroxylation is 2. The first-order valence-electron chi connectivity index (χ1n) is 3.89. The highest BCUT2D eigenvalue weighted by atomic mass is 28.1. The molecule has 0 nitrogen and oxygen atoms in total. The fraction of sp³-hybridized carbons (Fsp3) is 0.333. The van der Waals surface area contributed by atoms with Crippen molar-refractivity contribution in [3.8, 4) is 0 Å². The summed E-state index contributed by atoms with van der Waals surface area (Å²) in [6.45, 7) is 2.19. The summed E-state index contributed by atoms with van der Waals surface area (Å²) < 4.78 is 0. The molecule has 0 amide bonds. The molecule has 0 saturated heterocycles. The maximum atomic E-state index is 2.23. The quantitative estimate of drug-likeness (QED) is 0.558. The van der Waals surface area contributed by atoms with Gasteiger partial charge in [-0.25, -0.2) is 0 Å². The van der Waals surface area contributed by atoms with Crippen LogP contribution in [0.25, 0.3) is 0 Å². The largest absolute Gasteiger partial charge is 0.0620 e. The van der Waals surface area contributed by atoms with Crippen molar-refractivity contribution in [2.75, 3.05) is 0 Å². The zero-order valence-corrected chi connectivity index (χ0v) is 8.72. The Kier molecular flexibility index (Phi) is 2.69. The molecule has 0 atom stereocenters. The smallest absolute Gasteiger partial charge is 0.00321 e. The average molecular weight is 150 g/mol. The lowest BCUT2D eigenvalue weighted by Gasteiger charge is -2.01. The van der Waals surface area contributed by atoms with Crippen LogP contribution in [0, 0.1) is 6.92 Å². The third kappa shape index (κ3) is 1.71. The van der Waals surface area contributed by atoms with Crippen LogP contribution in [-0.2, 0) is 6.42 Å². The predicted molar refractivity (Wildman–Crippen MR) is 49.6 cm³/mol. The molecule has 0 fully saturated rings. The minimum absolute atomic E-state index is 1.28. The highest BCUT2D eigenvalue weighted by molar-refractivity contribution is 6.08. The Labute approximate surface area is 65.7 Å². The molecule has 0 aliphatic heterocycles. The van der Waals surface area contributed by atoms with Crippen molar-refractivity contribution in [2.45, 2.75) is 19.4 Å². The molecule has 10 heavy (non-hydrogen) atoms. The lowest BCUT2D eigenvalue weighted by atomic mass is 10.1. The van der Waals surface area contributed by atoms with Crippen LogP contribution in [0.15, 0.2) is 24.3 Å². The van der Waals surface area contributed by atoms with E-state index in [1.165, 1.54) is 33.8 Å². The number of benzene rings is 1. The summed E-state index contributed by atoms with van der Waals surface area (Å²) >= 11 is 0. The molecule has 0 radical (unpaired) electrons. The molecule has 1 heteroatoms. The molecule has 0 aromatic heterocycles. The van der Waals surface area contributed by atoms with Gasteiger partial charge in [0, 0.05) is 10.2 Å². The molecular weight excluding hydrogens is 136 g/mol. The normalized spacial score (nSPS) is 10.1. The first kappa shape index (κ1) is 7.54. The van der Waals surface area contributed by atoms with E-state index in [4.69, 9.17) is 0 Å². The van der Waals surface area contributed by atoms with E-state index in [9.17, 15) is 0 Å². The van der Waals surface area contributed by atoms with E-state index in [2.05, 4.69) is 31.2 Å². The van der Waals surface area contributed by atoms with Crippen molar-refractivity contribution in [1.29, 1.82) is 0 Å². The van der Waals surface area contributed by atoms with Crippen molar-refractivity contribution < 1.29 is 0 Å². The van der Waals surface area contributed by atoms with Gasteiger partial charge in [0.1, 0.15) is 0 Å². The van der Waals surface area contributed by atoms with Gasteiger partial charge < -0.3 is 0 Å². The van der Waals surface area contributed by atoms with Crippen LogP contribution in [0.4, 0.5) is 0 Å². The first-order valence-corrected chi connectivity index (χ1v) is 5.30. The van der Waals surface area contributed by atoms with Gasteiger partial charge in [-0.1, -0.05) is 30.3 Å². The van der Waals surface area contributed by atoms with Gasteiger partial charge in [-0.05, 0) is 24.5 Å². The third-order valence-corrected chi connectivity index (χ3v) is 2.28. The van der Waals surface area contributed by atoms with E-state index >= 15 is 0 Å². The van der Waals surface area contributed by atoms with Gasteiger partial charge in [0.2, 0.25) is 0 Å². The second-order valence-corrected chi connectivity index (χ2v) is 3.68. The summed E-state index contributed by atoms with van der Waals surface area (Å²) in [5.74, 6) is 0. The van der Waals surface area contributed by atoms with E-state index in [0.717, 1.165) is 0 Å². The van der Waals surface area contributed by atoms with Gasteiger partial charge >= 0.3 is 0 Å². The zero-order valence-electron chi connectivity index (χ0n) is 6.72. The standard InChI is InChI=1S/C9H14Si/c1-8-4-2-3-5-9(8)6-7-10/h2-5H,6-7H2,1,10H3. The van der Waals surface area contributed by atoms with Crippen LogP contribution in [0.5, 0.6) is 0 Å². The van der Waals surface area contributed by atoms with Crippen LogP contribution in [-0.4, -0.2) is 10.2 Å². The fourth-order valence-corrected chi connectivity index (χ4v) is 1.70. The molecule has 0 aliphatic rings. The lowest BCUT2D eigenvalue weighted by Crippen LogP contribution is -1.86. The minimum atomic E-state index is 1.28. The second kappa shape index (κ2) is 3.57. The van der Waals surface area contributed by atoms with Crippen LogP contribution in [0.1, 0.15) is 11.1 Å². The molecule has 0 N–H and O–H groups in total. The third-order valence-electron chi connectivity index (χ3n) is 1.78. The molecule has 1 aromatic carbocycles. The van der Waals surface area contributed by atoms with Gasteiger partial charge in [0.05, 0.1) is 0 Å². The maximum Gasteiger partial charge on any atom is 0.00321 e. The van der Waals surface area contributed by atoms with Gasteiger partial charge in [0.25, 0.3) is 0 Å². The van der Waals surface area contributed by atoms with Crippen molar-refractivity contribution in [3.05, 3.63) is 35.4 Å². The average Bonchev–Trinajstić information content (AvgIpc) is 1.94. The van der Waals surface area contributed by atoms with Crippen LogP contribution in [0.3, 0.4) is 0 Å². The van der Waals surface area contributed by atoms with Gasteiger partial charge in [0.15, 0.2) is 0 Å². The summed E-state index contributed by atoms with van der Waals surface area (Å²) in [4.78, 5) is 0. The van der Waals surface area contributed by atoms with Gasteiger partial charge in [-0.3, -0.25) is 0 Å². The van der Waals surface area contributed by atoms with Crippen LogP contribution in [0.2, 0.25) is 6.04 Å². The number of hydrogen-bond donors (Lipinski definition) is 0. The van der Waals surface area contributed by atoms with Gasteiger partial charge in [-0.15, -0.1) is 0 Å². The summed E-state index contributed by atoms with van der Waals surface area (Å²) in [6.07, 6.45) is 1.28. The Morgan fingerprint density at radius 3 is 2.60 bits per heavy atom. The van der Waals surface area contributed by atoms with Crippen molar-refractivity contribution >= 4 is 10.2 Å². The highest BCUT2D eigenvalue weighted by Gasteiger charge is 1.92. The Morgan fingerprint density at radius 2 is 2.00 bits per heavy atom. The van der Waals surface area contributed by atoms with E-state index in [1.54, 1.807) is 0 Å². The molecule has 0 heterocycles. The number of rotatable bonds is 2. The highest BCUT2D eigenvalue weighted by Crippen LogP contribution is 2.08. The maximum absolute atomic E-state index is 2.23. The Hall–Kier alpha value is -0.563. The summed E-state index contributed by atoms with van der Waals surface area (Å²) in [7, 11) is 1.32. The van der Waals surface area contributed by atoms with Crippen LogP contribution >= 0.6 is 0 Å². The number of hydrogen-bond acceptors (Lipinski definition) is 0. The van der Waals surface area contributed by atoms with E-state index in [1.807, 2.05) is 0 Å². The molecule has 0 spiro atoms. The van der Waals surface area contributed by atoms with Crippen molar-refractivity contribution in [1.82, 2.24) is 0 Å². The molecule has 0 unspecified atom stereocenters. The fourth-order valence-electron chi connectivity index (χ4n) is 1.16. The van der Waals surface area contributed by atoms with Gasteiger partial charge in [-0.2, -0.15) is 0 Å². The molecule has 1 rings (SSSR count). The Balaban J connectivity index is 2.81. The van der Waals surface area contributed by atoms with Crippen molar-refractivity contribution in [2.24, 2.45) is 0 Å². The molecule has 0 saturated carbocycles. The Bertz CT molecular complexity index is 206. The minimum Gasteiger partial charge on any atom is -0.0620 e. The second-order valence-electron chi connectivity index (χ2n) is 2.68. The van der Waals surface area contributed by atoms with E-state index in [-0.39, 0.29) is 0 Å². The topological polar surface area (TPSA) is 0 Å². The molecular formula is C9H14Si. The van der Waals surface area contributed by atoms with E-state index in [0.29, 0.717) is 0 Å². The summed E-state index contributed by atoms with van der Waals surface area (Å²) in [5, 5.41) is 0. The van der Waals surface area contributed by atoms with Crippen LogP contribution < -0.4 is 0 Å². The van der Waals surface area contributed by atoms with Crippen molar-refractivity contribution in [3.63, 3.8) is 0 Å². The Morgan fingerprint density at radius 1 is 1.30 bits per heavy atom. The monoisotopic (exact) mass is 150 g/mol. The SMILES string of the molecule is Cc1ccccc1CC[SiH3]. The molecule has 1 aromatic rings. The van der Waals surface area contributed by atoms with E-state index < -0.39 is 0 Å². The lowest BCUT2D eigenvalue weighted by molar-refractivity contribution is 1.10. The molecule has 0 aliphatic carbocycles. The predicted octanol–water partition coefficient (Wildman–Crippen LogP) is 1.32.